The normalized spacial score (nSPS) is 12.8. The molecule has 0 aliphatic carbocycles. The lowest BCUT2D eigenvalue weighted by Gasteiger charge is -2.22. The standard InChI is InChI=1S/C21H24Cl2O5/c1-25-17-7-5-13(9-19(17)27-3)15(11-22)21(24)16(12-23)14-6-8-18(26-2)20(10-14)28-4/h5-10,15-16H,11-12H2,1-4H3. The van der Waals surface area contributed by atoms with Gasteiger partial charge in [-0.05, 0) is 35.4 Å². The van der Waals surface area contributed by atoms with Gasteiger partial charge in [0.05, 0.1) is 40.3 Å². The first-order valence-electron chi connectivity index (χ1n) is 8.64. The first-order valence-corrected chi connectivity index (χ1v) is 9.70. The second kappa shape index (κ2) is 10.4. The molecule has 2 aromatic carbocycles. The zero-order valence-electron chi connectivity index (χ0n) is 16.3. The van der Waals surface area contributed by atoms with Crippen LogP contribution in [0.4, 0.5) is 0 Å². The highest BCUT2D eigenvalue weighted by molar-refractivity contribution is 6.22. The van der Waals surface area contributed by atoms with E-state index in [1.165, 1.54) is 0 Å². The minimum absolute atomic E-state index is 0.0792. The van der Waals surface area contributed by atoms with Crippen molar-refractivity contribution in [2.45, 2.75) is 11.8 Å². The summed E-state index contributed by atoms with van der Waals surface area (Å²) in [6.45, 7) is 0. The highest BCUT2D eigenvalue weighted by atomic mass is 35.5. The van der Waals surface area contributed by atoms with Crippen molar-refractivity contribution < 1.29 is 23.7 Å². The quantitative estimate of drug-likeness (QED) is 0.518. The number of ketones is 1. The molecule has 0 aliphatic heterocycles. The van der Waals surface area contributed by atoms with Crippen molar-refractivity contribution in [2.75, 3.05) is 40.2 Å². The van der Waals surface area contributed by atoms with Crippen LogP contribution < -0.4 is 18.9 Å². The third-order valence-electron chi connectivity index (χ3n) is 4.62. The van der Waals surface area contributed by atoms with Crippen LogP contribution in [0.1, 0.15) is 23.0 Å². The van der Waals surface area contributed by atoms with Crippen LogP contribution in [0.3, 0.4) is 0 Å². The van der Waals surface area contributed by atoms with Gasteiger partial charge in [0.25, 0.3) is 0 Å². The summed E-state index contributed by atoms with van der Waals surface area (Å²) >= 11 is 12.4. The van der Waals surface area contributed by atoms with Crippen molar-refractivity contribution in [3.8, 4) is 23.0 Å². The van der Waals surface area contributed by atoms with E-state index in [9.17, 15) is 4.79 Å². The highest BCUT2D eigenvalue weighted by Crippen LogP contribution is 2.36. The Kier molecular flexibility index (Phi) is 8.27. The average molecular weight is 427 g/mol. The number of carbonyl (C=O) groups is 1. The summed E-state index contributed by atoms with van der Waals surface area (Å²) in [5, 5.41) is 0. The molecule has 0 spiro atoms. The van der Waals surface area contributed by atoms with E-state index in [1.807, 2.05) is 12.1 Å². The Hall–Kier alpha value is -2.11. The lowest BCUT2D eigenvalue weighted by molar-refractivity contribution is -0.121. The molecule has 0 radical (unpaired) electrons. The smallest absolute Gasteiger partial charge is 0.161 e. The van der Waals surface area contributed by atoms with Crippen molar-refractivity contribution in [3.05, 3.63) is 47.5 Å². The van der Waals surface area contributed by atoms with Crippen molar-refractivity contribution in [2.24, 2.45) is 0 Å². The van der Waals surface area contributed by atoms with Crippen molar-refractivity contribution >= 4 is 29.0 Å². The molecule has 0 saturated carbocycles. The molecular weight excluding hydrogens is 403 g/mol. The number of hydrogen-bond donors (Lipinski definition) is 0. The zero-order chi connectivity index (χ0) is 20.7. The van der Waals surface area contributed by atoms with E-state index in [2.05, 4.69) is 0 Å². The van der Waals surface area contributed by atoms with Gasteiger partial charge in [0, 0.05) is 11.8 Å². The molecule has 2 unspecified atom stereocenters. The molecule has 7 heteroatoms. The summed E-state index contributed by atoms with van der Waals surface area (Å²) in [5.41, 5.74) is 1.49. The molecule has 2 aromatic rings. The number of hydrogen-bond acceptors (Lipinski definition) is 5. The minimum atomic E-state index is -0.543. The van der Waals surface area contributed by atoms with Crippen molar-refractivity contribution in [1.29, 1.82) is 0 Å². The SMILES string of the molecule is COc1ccc(C(CCl)C(=O)C(CCl)c2ccc(OC)c(OC)c2)cc1OC. The fourth-order valence-corrected chi connectivity index (χ4v) is 3.70. The first kappa shape index (κ1) is 22.2. The van der Waals surface area contributed by atoms with Gasteiger partial charge < -0.3 is 18.9 Å². The second-order valence-electron chi connectivity index (χ2n) is 6.04. The monoisotopic (exact) mass is 426 g/mol. The van der Waals surface area contributed by atoms with E-state index in [-0.39, 0.29) is 17.5 Å². The predicted octanol–water partition coefficient (Wildman–Crippen LogP) is 4.64. The van der Waals surface area contributed by atoms with Crippen LogP contribution in [-0.4, -0.2) is 46.0 Å². The van der Waals surface area contributed by atoms with Crippen LogP contribution in [0.25, 0.3) is 0 Å². The third-order valence-corrected chi connectivity index (χ3v) is 5.23. The summed E-state index contributed by atoms with van der Waals surface area (Å²) in [5.74, 6) is 1.32. The number of carbonyl (C=O) groups excluding carboxylic acids is 1. The summed E-state index contributed by atoms with van der Waals surface area (Å²) in [7, 11) is 6.21. The second-order valence-corrected chi connectivity index (χ2v) is 6.66. The van der Waals surface area contributed by atoms with Gasteiger partial charge in [-0.2, -0.15) is 0 Å². The molecule has 0 heterocycles. The van der Waals surface area contributed by atoms with Gasteiger partial charge in [0.2, 0.25) is 0 Å². The van der Waals surface area contributed by atoms with Gasteiger partial charge in [0.15, 0.2) is 23.0 Å². The van der Waals surface area contributed by atoms with Crippen LogP contribution in [0.5, 0.6) is 23.0 Å². The molecule has 0 fully saturated rings. The summed E-state index contributed by atoms with van der Waals surface area (Å²) in [6, 6.07) is 10.7. The number of benzene rings is 2. The number of Topliss-reactive ketones (excluding diaryl/α,β-unsaturated/α-hetero) is 1. The molecule has 0 amide bonds. The molecule has 0 bridgehead atoms. The van der Waals surface area contributed by atoms with Crippen LogP contribution in [0.15, 0.2) is 36.4 Å². The van der Waals surface area contributed by atoms with Crippen molar-refractivity contribution in [3.63, 3.8) is 0 Å². The number of ether oxygens (including phenoxy) is 4. The van der Waals surface area contributed by atoms with Crippen LogP contribution in [0, 0.1) is 0 Å². The Morgan fingerprint density at radius 1 is 0.714 bits per heavy atom. The Morgan fingerprint density at radius 3 is 1.36 bits per heavy atom. The van der Waals surface area contributed by atoms with E-state index in [0.717, 1.165) is 11.1 Å². The van der Waals surface area contributed by atoms with Crippen LogP contribution >= 0.6 is 23.2 Å². The van der Waals surface area contributed by atoms with Gasteiger partial charge in [-0.15, -0.1) is 23.2 Å². The number of methoxy groups -OCH3 is 4. The van der Waals surface area contributed by atoms with E-state index >= 15 is 0 Å². The maximum absolute atomic E-state index is 13.3. The fourth-order valence-electron chi connectivity index (χ4n) is 3.04. The molecule has 0 N–H and O–H groups in total. The molecule has 0 aromatic heterocycles. The Morgan fingerprint density at radius 2 is 1.07 bits per heavy atom. The summed E-state index contributed by atoms with van der Waals surface area (Å²) < 4.78 is 21.2. The lowest BCUT2D eigenvalue weighted by Crippen LogP contribution is -2.23. The van der Waals surface area contributed by atoms with E-state index < -0.39 is 11.8 Å². The van der Waals surface area contributed by atoms with E-state index in [0.29, 0.717) is 23.0 Å². The largest absolute Gasteiger partial charge is 0.493 e. The predicted molar refractivity (Wildman–Crippen MR) is 111 cm³/mol. The first-order chi connectivity index (χ1) is 13.5. The number of rotatable bonds is 10. The van der Waals surface area contributed by atoms with Crippen LogP contribution in [0.2, 0.25) is 0 Å². The molecule has 152 valence electrons. The zero-order valence-corrected chi connectivity index (χ0v) is 17.8. The lowest BCUT2D eigenvalue weighted by atomic mass is 9.85. The molecule has 5 nitrogen and oxygen atoms in total. The van der Waals surface area contributed by atoms with Crippen molar-refractivity contribution in [1.82, 2.24) is 0 Å². The third kappa shape index (κ3) is 4.65. The maximum atomic E-state index is 13.3. The molecule has 0 aliphatic rings. The van der Waals surface area contributed by atoms with Gasteiger partial charge in [0.1, 0.15) is 5.78 Å². The van der Waals surface area contributed by atoms with Gasteiger partial charge in [-0.1, -0.05) is 12.1 Å². The Labute approximate surface area is 175 Å². The highest BCUT2D eigenvalue weighted by Gasteiger charge is 2.29. The molecule has 28 heavy (non-hydrogen) atoms. The average Bonchev–Trinajstić information content (AvgIpc) is 2.74. The van der Waals surface area contributed by atoms with Gasteiger partial charge in [-0.3, -0.25) is 4.79 Å². The Bertz CT molecular complexity index is 744. The molecule has 0 saturated heterocycles. The van der Waals surface area contributed by atoms with Crippen LogP contribution in [-0.2, 0) is 4.79 Å². The molecule has 2 rings (SSSR count). The summed E-state index contributed by atoms with van der Waals surface area (Å²) in [6.07, 6.45) is 0. The number of alkyl halides is 2. The number of halogens is 2. The Balaban J connectivity index is 2.39. The minimum Gasteiger partial charge on any atom is -0.493 e. The van der Waals surface area contributed by atoms with Gasteiger partial charge >= 0.3 is 0 Å². The fraction of sp³-hybridized carbons (Fsp3) is 0.381. The molecular formula is C21H24Cl2O5. The topological polar surface area (TPSA) is 54.0 Å². The van der Waals surface area contributed by atoms with Gasteiger partial charge in [-0.25, -0.2) is 0 Å². The molecule has 2 atom stereocenters. The maximum Gasteiger partial charge on any atom is 0.161 e. The summed E-state index contributed by atoms with van der Waals surface area (Å²) in [4.78, 5) is 13.3. The van der Waals surface area contributed by atoms with E-state index in [4.69, 9.17) is 42.1 Å². The van der Waals surface area contributed by atoms with E-state index in [1.54, 1.807) is 52.7 Å².